The summed E-state index contributed by atoms with van der Waals surface area (Å²) in [6.07, 6.45) is 10.6. The molecule has 1 aliphatic heterocycles. The minimum Gasteiger partial charge on any atom is -0.461 e. The third-order valence-electron chi connectivity index (χ3n) is 5.29. The lowest BCUT2D eigenvalue weighted by Gasteiger charge is -2.24. The molecular weight excluding hydrogens is 353 g/mol. The van der Waals surface area contributed by atoms with Gasteiger partial charge in [-0.15, -0.1) is 6.42 Å². The maximum atomic E-state index is 13.5. The zero-order valence-corrected chi connectivity index (χ0v) is 14.7. The number of halogens is 1. The molecule has 142 valence electrons. The van der Waals surface area contributed by atoms with E-state index in [1.807, 2.05) is 0 Å². The van der Waals surface area contributed by atoms with E-state index in [0.29, 0.717) is 18.4 Å². The Morgan fingerprint density at radius 2 is 2.22 bits per heavy atom. The van der Waals surface area contributed by atoms with Crippen molar-refractivity contribution in [2.24, 2.45) is 5.92 Å². The summed E-state index contributed by atoms with van der Waals surface area (Å²) in [5, 5.41) is 0. The predicted molar refractivity (Wildman–Crippen MR) is 93.5 cm³/mol. The predicted octanol–water partition coefficient (Wildman–Crippen LogP) is 1.96. The number of aromatic nitrogens is 4. The molecule has 0 radical (unpaired) electrons. The molecule has 1 saturated carbocycles. The molecule has 0 spiro atoms. The number of carbonyl (C=O) groups excluding carboxylic acids is 1. The van der Waals surface area contributed by atoms with Gasteiger partial charge in [0, 0.05) is 0 Å². The molecular formula is C18H20FN5O3. The van der Waals surface area contributed by atoms with Gasteiger partial charge in [0.1, 0.15) is 12.8 Å². The second-order valence-electron chi connectivity index (χ2n) is 7.04. The van der Waals surface area contributed by atoms with Crippen molar-refractivity contribution in [1.82, 2.24) is 19.5 Å². The molecule has 2 fully saturated rings. The summed E-state index contributed by atoms with van der Waals surface area (Å²) in [6, 6.07) is 0. The van der Waals surface area contributed by atoms with Gasteiger partial charge < -0.3 is 15.2 Å². The highest BCUT2D eigenvalue weighted by Gasteiger charge is 2.42. The van der Waals surface area contributed by atoms with E-state index in [1.165, 1.54) is 6.33 Å². The maximum absolute atomic E-state index is 13.5. The van der Waals surface area contributed by atoms with Crippen LogP contribution in [0.2, 0.25) is 0 Å². The lowest BCUT2D eigenvalue weighted by atomic mass is 10.0. The number of terminal acetylenes is 1. The number of hydrogen-bond acceptors (Lipinski definition) is 7. The van der Waals surface area contributed by atoms with Crippen LogP contribution in [-0.4, -0.2) is 37.7 Å². The number of ether oxygens (including phenoxy) is 2. The first-order valence-corrected chi connectivity index (χ1v) is 8.99. The van der Waals surface area contributed by atoms with E-state index >= 15 is 0 Å². The van der Waals surface area contributed by atoms with Crippen molar-refractivity contribution in [2.45, 2.75) is 50.4 Å². The van der Waals surface area contributed by atoms with Gasteiger partial charge in [-0.3, -0.25) is 9.36 Å². The van der Waals surface area contributed by atoms with Crippen LogP contribution >= 0.6 is 0 Å². The molecule has 27 heavy (non-hydrogen) atoms. The van der Waals surface area contributed by atoms with Crippen LogP contribution < -0.4 is 5.73 Å². The Hall–Kier alpha value is -2.73. The van der Waals surface area contributed by atoms with Crippen LogP contribution in [0.15, 0.2) is 6.33 Å². The second-order valence-corrected chi connectivity index (χ2v) is 7.04. The second kappa shape index (κ2) is 6.78. The van der Waals surface area contributed by atoms with Crippen LogP contribution in [0.3, 0.4) is 0 Å². The van der Waals surface area contributed by atoms with Gasteiger partial charge in [-0.2, -0.15) is 14.4 Å². The molecule has 2 aromatic rings. The third kappa shape index (κ3) is 3.21. The molecule has 0 bridgehead atoms. The Labute approximate surface area is 155 Å². The summed E-state index contributed by atoms with van der Waals surface area (Å²) < 4.78 is 26.6. The Kier molecular flexibility index (Phi) is 4.44. The lowest BCUT2D eigenvalue weighted by molar-refractivity contribution is -0.156. The van der Waals surface area contributed by atoms with E-state index in [0.717, 1.165) is 25.7 Å². The van der Waals surface area contributed by atoms with Gasteiger partial charge in [-0.25, -0.2) is 4.98 Å². The molecule has 2 N–H and O–H groups in total. The fourth-order valence-corrected chi connectivity index (χ4v) is 3.77. The number of hydrogen-bond donors (Lipinski definition) is 1. The molecule has 1 aliphatic carbocycles. The van der Waals surface area contributed by atoms with E-state index in [4.69, 9.17) is 21.6 Å². The Bertz CT molecular complexity index is 918. The standard InChI is InChI=1S/C18H20FN5O3/c1-2-18(9-26-16(25)11-5-3-4-6-11)8-7-12(27-18)24-10-21-13-14(20)22-17(19)23-15(13)24/h1,10-12H,3-9H2,(H2,20,22,23)/t12-,18+/m1/s1. The van der Waals surface area contributed by atoms with Gasteiger partial charge in [0.25, 0.3) is 0 Å². The number of nitrogens with zero attached hydrogens (tertiary/aromatic N) is 4. The number of nitrogen functional groups attached to an aromatic ring is 1. The highest BCUT2D eigenvalue weighted by Crippen LogP contribution is 2.38. The maximum Gasteiger partial charge on any atom is 0.312 e. The highest BCUT2D eigenvalue weighted by atomic mass is 19.1. The van der Waals surface area contributed by atoms with Crippen molar-refractivity contribution in [3.05, 3.63) is 12.4 Å². The quantitative estimate of drug-likeness (QED) is 0.496. The largest absolute Gasteiger partial charge is 0.461 e. The van der Waals surface area contributed by atoms with Gasteiger partial charge in [0.2, 0.25) is 0 Å². The molecule has 3 heterocycles. The Balaban J connectivity index is 1.50. The molecule has 0 unspecified atom stereocenters. The normalized spacial score (nSPS) is 25.7. The van der Waals surface area contributed by atoms with Crippen LogP contribution in [0.25, 0.3) is 11.2 Å². The van der Waals surface area contributed by atoms with Crippen molar-refractivity contribution < 1.29 is 18.7 Å². The summed E-state index contributed by atoms with van der Waals surface area (Å²) in [7, 11) is 0. The van der Waals surface area contributed by atoms with Crippen LogP contribution in [-0.2, 0) is 14.3 Å². The number of nitrogens with two attached hydrogens (primary N) is 1. The zero-order valence-electron chi connectivity index (χ0n) is 14.7. The number of rotatable bonds is 4. The summed E-state index contributed by atoms with van der Waals surface area (Å²) in [5.74, 6) is 2.32. The number of imidazole rings is 1. The van der Waals surface area contributed by atoms with Crippen molar-refractivity contribution in [3.63, 3.8) is 0 Å². The first-order chi connectivity index (χ1) is 13.0. The monoisotopic (exact) mass is 373 g/mol. The molecule has 8 nitrogen and oxygen atoms in total. The van der Waals surface area contributed by atoms with Crippen LogP contribution in [0.4, 0.5) is 10.2 Å². The van der Waals surface area contributed by atoms with E-state index < -0.39 is 17.9 Å². The number of carbonyl (C=O) groups is 1. The van der Waals surface area contributed by atoms with Crippen LogP contribution in [0.5, 0.6) is 0 Å². The molecule has 0 aromatic carbocycles. The first kappa shape index (κ1) is 17.7. The van der Waals surface area contributed by atoms with Crippen molar-refractivity contribution in [1.29, 1.82) is 0 Å². The number of fused-ring (bicyclic) bond motifs is 1. The molecule has 9 heteroatoms. The first-order valence-electron chi connectivity index (χ1n) is 8.99. The molecule has 2 aliphatic rings. The van der Waals surface area contributed by atoms with E-state index in [-0.39, 0.29) is 30.0 Å². The molecule has 0 amide bonds. The van der Waals surface area contributed by atoms with Crippen LogP contribution in [0.1, 0.15) is 44.8 Å². The topological polar surface area (TPSA) is 105 Å². The minimum atomic E-state index is -1.02. The van der Waals surface area contributed by atoms with Crippen molar-refractivity contribution in [3.8, 4) is 12.3 Å². The Morgan fingerprint density at radius 3 is 2.96 bits per heavy atom. The van der Waals surface area contributed by atoms with E-state index in [9.17, 15) is 9.18 Å². The SMILES string of the molecule is C#C[C@@]1(COC(=O)C2CCCC2)CC[C@H](n2cnc3c(N)nc(F)nc32)O1. The fourth-order valence-electron chi connectivity index (χ4n) is 3.77. The van der Waals surface area contributed by atoms with Gasteiger partial charge in [0.05, 0.1) is 12.2 Å². The van der Waals surface area contributed by atoms with Gasteiger partial charge in [0.15, 0.2) is 22.6 Å². The lowest BCUT2D eigenvalue weighted by Crippen LogP contribution is -2.35. The molecule has 4 rings (SSSR count). The van der Waals surface area contributed by atoms with E-state index in [1.54, 1.807) is 4.57 Å². The average Bonchev–Trinajstić information content (AvgIpc) is 3.39. The summed E-state index contributed by atoms with van der Waals surface area (Å²) in [4.78, 5) is 23.6. The van der Waals surface area contributed by atoms with Crippen molar-refractivity contribution >= 4 is 23.0 Å². The van der Waals surface area contributed by atoms with Crippen molar-refractivity contribution in [2.75, 3.05) is 12.3 Å². The average molecular weight is 373 g/mol. The van der Waals surface area contributed by atoms with E-state index in [2.05, 4.69) is 20.9 Å². The highest BCUT2D eigenvalue weighted by molar-refractivity contribution is 5.81. The van der Waals surface area contributed by atoms with Crippen LogP contribution in [0, 0.1) is 24.3 Å². The Morgan fingerprint density at radius 1 is 1.44 bits per heavy atom. The van der Waals surface area contributed by atoms with Gasteiger partial charge >= 0.3 is 12.0 Å². The third-order valence-corrected chi connectivity index (χ3v) is 5.29. The molecule has 2 aromatic heterocycles. The number of anilines is 1. The van der Waals surface area contributed by atoms with Gasteiger partial charge in [-0.05, 0) is 25.7 Å². The number of esters is 1. The smallest absolute Gasteiger partial charge is 0.312 e. The summed E-state index contributed by atoms with van der Waals surface area (Å²) >= 11 is 0. The fraction of sp³-hybridized carbons (Fsp3) is 0.556. The summed E-state index contributed by atoms with van der Waals surface area (Å²) in [5.41, 5.74) is 5.20. The van der Waals surface area contributed by atoms with Gasteiger partial charge in [-0.1, -0.05) is 18.8 Å². The minimum absolute atomic E-state index is 0.00650. The molecule has 2 atom stereocenters. The zero-order chi connectivity index (χ0) is 19.0. The summed E-state index contributed by atoms with van der Waals surface area (Å²) in [6.45, 7) is -0.00650. The molecule has 1 saturated heterocycles.